The molecule has 1 heterocycles. The van der Waals surface area contributed by atoms with E-state index >= 15 is 0 Å². The zero-order valence-corrected chi connectivity index (χ0v) is 21.5. The molecule has 0 saturated carbocycles. The number of hydrogen-bond donors (Lipinski definition) is 0. The number of benzene rings is 3. The Labute approximate surface area is 221 Å². The number of anilines is 1. The van der Waals surface area contributed by atoms with Crippen LogP contribution < -0.4 is 14.4 Å². The molecule has 0 spiro atoms. The van der Waals surface area contributed by atoms with Gasteiger partial charge >= 0.3 is 5.97 Å². The number of para-hydroxylation sites is 1. The molecule has 2 amide bonds. The summed E-state index contributed by atoms with van der Waals surface area (Å²) < 4.78 is 11.3. The number of nitrogens with zero attached hydrogens (tertiary/aromatic N) is 2. The number of imide groups is 1. The maximum atomic E-state index is 13.3. The van der Waals surface area contributed by atoms with Gasteiger partial charge in [-0.15, -0.1) is 0 Å². The fraction of sp³-hybridized carbons (Fsp3) is 0.267. The highest BCUT2D eigenvalue weighted by Gasteiger charge is 2.39. The smallest absolute Gasteiger partial charge is 0.365 e. The second-order valence-electron chi connectivity index (χ2n) is 8.73. The number of carbonyl (C=O) groups is 3. The highest BCUT2D eigenvalue weighted by atomic mass is 16.7. The minimum absolute atomic E-state index is 0.124. The van der Waals surface area contributed by atoms with Crippen molar-refractivity contribution in [3.8, 4) is 11.5 Å². The van der Waals surface area contributed by atoms with Gasteiger partial charge in [0.25, 0.3) is 11.8 Å². The van der Waals surface area contributed by atoms with Gasteiger partial charge in [-0.05, 0) is 67.4 Å². The van der Waals surface area contributed by atoms with Crippen LogP contribution in [0, 0.1) is 0 Å². The third kappa shape index (κ3) is 6.08. The summed E-state index contributed by atoms with van der Waals surface area (Å²) >= 11 is 0. The van der Waals surface area contributed by atoms with Gasteiger partial charge in [0.1, 0.15) is 11.5 Å². The Kier molecular flexibility index (Phi) is 8.87. The van der Waals surface area contributed by atoms with Crippen molar-refractivity contribution in [1.82, 2.24) is 0 Å². The van der Waals surface area contributed by atoms with Crippen LogP contribution in [0.15, 0.2) is 78.0 Å². The molecule has 0 fully saturated rings. The highest BCUT2D eigenvalue weighted by Crippen LogP contribution is 2.31. The van der Waals surface area contributed by atoms with E-state index in [9.17, 15) is 14.4 Å². The van der Waals surface area contributed by atoms with Crippen LogP contribution in [0.25, 0.3) is 0 Å². The fourth-order valence-corrected chi connectivity index (χ4v) is 3.81. The van der Waals surface area contributed by atoms with Gasteiger partial charge in [0.15, 0.2) is 5.71 Å². The van der Waals surface area contributed by atoms with Crippen LogP contribution in [-0.2, 0) is 9.63 Å². The van der Waals surface area contributed by atoms with Gasteiger partial charge in [0, 0.05) is 11.1 Å². The third-order valence-corrected chi connectivity index (χ3v) is 5.95. The Balaban J connectivity index is 1.48. The summed E-state index contributed by atoms with van der Waals surface area (Å²) in [7, 11) is 0. The monoisotopic (exact) mass is 514 g/mol. The predicted octanol–water partition coefficient (Wildman–Crippen LogP) is 5.79. The first-order valence-corrected chi connectivity index (χ1v) is 12.8. The van der Waals surface area contributed by atoms with Crippen LogP contribution >= 0.6 is 0 Å². The summed E-state index contributed by atoms with van der Waals surface area (Å²) in [5.41, 5.74) is 1.22. The first kappa shape index (κ1) is 26.6. The molecule has 38 heavy (non-hydrogen) atoms. The van der Waals surface area contributed by atoms with Crippen LogP contribution in [0.2, 0.25) is 0 Å². The molecule has 0 unspecified atom stereocenters. The molecule has 196 valence electrons. The first-order chi connectivity index (χ1) is 18.5. The lowest BCUT2D eigenvalue weighted by Gasteiger charge is -2.15. The van der Waals surface area contributed by atoms with Gasteiger partial charge in [-0.25, -0.2) is 9.69 Å². The number of hydrogen-bond acceptors (Lipinski definition) is 7. The zero-order valence-electron chi connectivity index (χ0n) is 21.5. The van der Waals surface area contributed by atoms with Crippen LogP contribution in [0.4, 0.5) is 5.69 Å². The van der Waals surface area contributed by atoms with Gasteiger partial charge in [-0.2, -0.15) is 0 Å². The van der Waals surface area contributed by atoms with Crippen molar-refractivity contribution in [2.24, 2.45) is 5.16 Å². The number of carbonyl (C=O) groups excluding carboxylic acids is 3. The molecule has 4 rings (SSSR count). The van der Waals surface area contributed by atoms with E-state index < -0.39 is 17.8 Å². The number of unbranched alkanes of at least 4 members (excludes halogenated alkanes) is 2. The van der Waals surface area contributed by atoms with E-state index in [0.717, 1.165) is 30.6 Å². The third-order valence-electron chi connectivity index (χ3n) is 5.95. The van der Waals surface area contributed by atoms with Crippen LogP contribution in [0.3, 0.4) is 0 Å². The molecule has 0 aliphatic carbocycles. The second-order valence-corrected chi connectivity index (χ2v) is 8.73. The molecule has 0 saturated heterocycles. The molecule has 0 atom stereocenters. The maximum absolute atomic E-state index is 13.3. The fourth-order valence-electron chi connectivity index (χ4n) is 3.81. The summed E-state index contributed by atoms with van der Waals surface area (Å²) in [6.45, 7) is 5.35. The van der Waals surface area contributed by atoms with Crippen LogP contribution in [0.5, 0.6) is 11.5 Å². The van der Waals surface area contributed by atoms with Crippen LogP contribution in [0.1, 0.15) is 65.8 Å². The molecule has 3 aromatic rings. The topological polar surface area (TPSA) is 94.5 Å². The molecule has 1 aliphatic rings. The molecule has 1 aliphatic heterocycles. The SMILES string of the molecule is CCCCOc1ccc(C(=O)O/N=C2\C(=O)N(C(=O)c3ccc(OCCCC)cc3)c3ccccc32)cc1. The van der Waals surface area contributed by atoms with E-state index in [1.165, 1.54) is 0 Å². The molecule has 0 radical (unpaired) electrons. The van der Waals surface area contributed by atoms with Crippen LogP contribution in [-0.4, -0.2) is 36.7 Å². The van der Waals surface area contributed by atoms with E-state index in [1.807, 2.05) is 0 Å². The van der Waals surface area contributed by atoms with Gasteiger partial charge in [0.05, 0.1) is 24.5 Å². The van der Waals surface area contributed by atoms with Gasteiger partial charge in [0.2, 0.25) is 0 Å². The average Bonchev–Trinajstić information content (AvgIpc) is 3.23. The molecular formula is C30H30N2O6. The Hall–Kier alpha value is -4.46. The summed E-state index contributed by atoms with van der Waals surface area (Å²) in [6.07, 6.45) is 3.92. The molecule has 8 nitrogen and oxygen atoms in total. The van der Waals surface area contributed by atoms with E-state index in [4.69, 9.17) is 14.3 Å². The van der Waals surface area contributed by atoms with Crippen molar-refractivity contribution >= 4 is 29.2 Å². The largest absolute Gasteiger partial charge is 0.494 e. The molecule has 3 aromatic carbocycles. The lowest BCUT2D eigenvalue weighted by Crippen LogP contribution is -2.36. The maximum Gasteiger partial charge on any atom is 0.365 e. The van der Waals surface area contributed by atoms with E-state index in [2.05, 4.69) is 19.0 Å². The molecular weight excluding hydrogens is 484 g/mol. The normalized spacial score (nSPS) is 13.4. The van der Waals surface area contributed by atoms with Crippen molar-refractivity contribution in [3.63, 3.8) is 0 Å². The first-order valence-electron chi connectivity index (χ1n) is 12.8. The number of rotatable bonds is 11. The van der Waals surface area contributed by atoms with Gasteiger partial charge in [-0.3, -0.25) is 9.59 Å². The standard InChI is InChI=1S/C30H30N2O6/c1-3-5-19-36-23-15-11-21(12-16-23)28(33)32-26-10-8-7-9-25(26)27(29(32)34)31-38-30(35)22-13-17-24(18-14-22)37-20-6-4-2/h7-18H,3-6,19-20H2,1-2H3/b31-27-. The number of amides is 2. The average molecular weight is 515 g/mol. The number of fused-ring (bicyclic) bond motifs is 1. The lowest BCUT2D eigenvalue weighted by molar-refractivity contribution is -0.111. The Morgan fingerprint density at radius 3 is 1.89 bits per heavy atom. The van der Waals surface area contributed by atoms with Crippen molar-refractivity contribution in [1.29, 1.82) is 0 Å². The minimum atomic E-state index is -0.730. The minimum Gasteiger partial charge on any atom is -0.494 e. The summed E-state index contributed by atoms with van der Waals surface area (Å²) in [6, 6.07) is 19.9. The van der Waals surface area contributed by atoms with Crippen molar-refractivity contribution in [2.75, 3.05) is 18.1 Å². The number of oxime groups is 1. The highest BCUT2D eigenvalue weighted by molar-refractivity contribution is 6.58. The van der Waals surface area contributed by atoms with Crippen molar-refractivity contribution in [3.05, 3.63) is 89.5 Å². The molecule has 0 N–H and O–H groups in total. The zero-order chi connectivity index (χ0) is 26.9. The van der Waals surface area contributed by atoms with Crippen molar-refractivity contribution < 1.29 is 28.7 Å². The van der Waals surface area contributed by atoms with E-state index in [0.29, 0.717) is 41.5 Å². The second kappa shape index (κ2) is 12.7. The Morgan fingerprint density at radius 2 is 1.32 bits per heavy atom. The Bertz CT molecular complexity index is 1320. The number of ether oxygens (including phenoxy) is 2. The van der Waals surface area contributed by atoms with Gasteiger partial charge in [-0.1, -0.05) is 50.0 Å². The quantitative estimate of drug-likeness (QED) is 0.139. The molecule has 8 heteroatoms. The summed E-state index contributed by atoms with van der Waals surface area (Å²) in [5.74, 6) is -0.621. The summed E-state index contributed by atoms with van der Waals surface area (Å²) in [5, 5.41) is 3.86. The predicted molar refractivity (Wildman–Crippen MR) is 144 cm³/mol. The molecule has 0 bridgehead atoms. The summed E-state index contributed by atoms with van der Waals surface area (Å²) in [4.78, 5) is 45.3. The van der Waals surface area contributed by atoms with E-state index in [1.54, 1.807) is 72.8 Å². The Morgan fingerprint density at radius 1 is 0.763 bits per heavy atom. The van der Waals surface area contributed by atoms with Gasteiger partial charge < -0.3 is 14.3 Å². The van der Waals surface area contributed by atoms with E-state index in [-0.39, 0.29) is 11.3 Å². The lowest BCUT2D eigenvalue weighted by atomic mass is 10.1. The van der Waals surface area contributed by atoms with Crippen molar-refractivity contribution in [2.45, 2.75) is 39.5 Å². The molecule has 0 aromatic heterocycles.